The number of amides is 1. The number of halogens is 1. The summed E-state index contributed by atoms with van der Waals surface area (Å²) in [5.41, 5.74) is 5.47. The molecule has 1 amide bonds. The van der Waals surface area contributed by atoms with Gasteiger partial charge in [0.1, 0.15) is 34.9 Å². The van der Waals surface area contributed by atoms with Gasteiger partial charge in [-0.1, -0.05) is 12.1 Å². The van der Waals surface area contributed by atoms with Gasteiger partial charge in [-0.2, -0.15) is 0 Å². The first-order chi connectivity index (χ1) is 17.7. The lowest BCUT2D eigenvalue weighted by molar-refractivity contribution is -0.539. The number of anilines is 1. The first-order valence-electron chi connectivity index (χ1n) is 12.0. The van der Waals surface area contributed by atoms with Gasteiger partial charge < -0.3 is 21.4 Å². The maximum Gasteiger partial charge on any atom is 0.242 e. The SMILES string of the molecule is CNC(C)C(=O)Nc1cc(-c2ncnc(C(C)=N)c2[NH2+]C)cc(Cc2cc(C)nc3c(F)cccc23)n1. The third kappa shape index (κ3) is 5.50. The van der Waals surface area contributed by atoms with Crippen LogP contribution in [0.1, 0.15) is 36.5 Å². The predicted octanol–water partition coefficient (Wildman–Crippen LogP) is 2.88. The molecular weight excluding hydrogens is 471 g/mol. The van der Waals surface area contributed by atoms with Crippen molar-refractivity contribution in [2.75, 3.05) is 19.4 Å². The molecule has 0 bridgehead atoms. The van der Waals surface area contributed by atoms with Crippen molar-refractivity contribution in [1.29, 1.82) is 5.41 Å². The van der Waals surface area contributed by atoms with Gasteiger partial charge in [0.25, 0.3) is 0 Å². The van der Waals surface area contributed by atoms with Crippen molar-refractivity contribution in [2.24, 2.45) is 0 Å². The number of aryl methyl sites for hydroxylation is 1. The molecule has 5 N–H and O–H groups in total. The summed E-state index contributed by atoms with van der Waals surface area (Å²) in [5.74, 6) is -0.238. The Morgan fingerprint density at radius 3 is 2.68 bits per heavy atom. The highest BCUT2D eigenvalue weighted by atomic mass is 19.1. The number of carbonyl (C=O) groups excluding carboxylic acids is 1. The second kappa shape index (κ2) is 10.9. The molecule has 4 rings (SSSR count). The summed E-state index contributed by atoms with van der Waals surface area (Å²) < 4.78 is 14.5. The lowest BCUT2D eigenvalue weighted by Crippen LogP contribution is -2.73. The highest BCUT2D eigenvalue weighted by Gasteiger charge is 2.20. The van der Waals surface area contributed by atoms with Gasteiger partial charge in [-0.25, -0.2) is 19.3 Å². The zero-order chi connectivity index (χ0) is 26.7. The molecule has 0 saturated heterocycles. The number of nitrogens with one attached hydrogen (secondary N) is 3. The molecule has 0 aliphatic rings. The Balaban J connectivity index is 1.87. The number of quaternary nitrogens is 1. The quantitative estimate of drug-likeness (QED) is 0.275. The number of carbonyl (C=O) groups is 1. The van der Waals surface area contributed by atoms with Crippen LogP contribution in [-0.4, -0.2) is 51.7 Å². The molecule has 1 atom stereocenters. The van der Waals surface area contributed by atoms with Crippen molar-refractivity contribution in [3.63, 3.8) is 0 Å². The number of benzene rings is 1. The van der Waals surface area contributed by atoms with Crippen LogP contribution in [0.3, 0.4) is 0 Å². The zero-order valence-corrected chi connectivity index (χ0v) is 21.5. The molecule has 0 saturated carbocycles. The second-order valence-corrected chi connectivity index (χ2v) is 8.87. The molecule has 0 aliphatic heterocycles. The van der Waals surface area contributed by atoms with Gasteiger partial charge >= 0.3 is 0 Å². The molecule has 3 aromatic heterocycles. The number of nitrogens with zero attached hydrogens (tertiary/aromatic N) is 4. The summed E-state index contributed by atoms with van der Waals surface area (Å²) in [4.78, 5) is 30.5. The lowest BCUT2D eigenvalue weighted by atomic mass is 10.0. The number of fused-ring (bicyclic) bond motifs is 1. The Bertz CT molecular complexity index is 1500. The van der Waals surface area contributed by atoms with Gasteiger partial charge in [-0.05, 0) is 57.6 Å². The smallest absolute Gasteiger partial charge is 0.242 e. The van der Waals surface area contributed by atoms with Crippen molar-refractivity contribution in [3.05, 3.63) is 71.2 Å². The molecule has 4 aromatic rings. The normalized spacial score (nSPS) is 11.9. The van der Waals surface area contributed by atoms with Gasteiger partial charge in [-0.3, -0.25) is 9.78 Å². The molecule has 9 nitrogen and oxygen atoms in total. The minimum absolute atomic E-state index is 0.230. The summed E-state index contributed by atoms with van der Waals surface area (Å²) >= 11 is 0. The van der Waals surface area contributed by atoms with Crippen molar-refractivity contribution in [3.8, 4) is 11.3 Å². The standard InChI is InChI=1S/C27H29FN8O/c1-14-9-17(20-7-6-8-21(28)25(20)34-14)10-19-11-18(12-22(35-19)36-27(37)16(3)30-4)24-26(31-5)23(15(2)29)32-13-33-24/h6-9,11-13,16,29-31H,10H2,1-5H3,(H,35,36,37)/p+1. The van der Waals surface area contributed by atoms with E-state index in [4.69, 9.17) is 10.4 Å². The fourth-order valence-electron chi connectivity index (χ4n) is 4.21. The third-order valence-corrected chi connectivity index (χ3v) is 6.13. The molecule has 37 heavy (non-hydrogen) atoms. The van der Waals surface area contributed by atoms with Crippen LogP contribution < -0.4 is 16.0 Å². The van der Waals surface area contributed by atoms with E-state index in [1.54, 1.807) is 33.0 Å². The summed E-state index contributed by atoms with van der Waals surface area (Å²) in [6, 6.07) is 10.1. The third-order valence-electron chi connectivity index (χ3n) is 6.13. The van der Waals surface area contributed by atoms with Crippen molar-refractivity contribution in [2.45, 2.75) is 33.2 Å². The van der Waals surface area contributed by atoms with Crippen molar-refractivity contribution in [1.82, 2.24) is 25.3 Å². The first kappa shape index (κ1) is 25.9. The number of hydrogen-bond acceptors (Lipinski definition) is 7. The van der Waals surface area contributed by atoms with E-state index in [2.05, 4.69) is 25.6 Å². The van der Waals surface area contributed by atoms with Crippen LogP contribution in [0, 0.1) is 18.2 Å². The Morgan fingerprint density at radius 1 is 1.19 bits per heavy atom. The van der Waals surface area contributed by atoms with Gasteiger partial charge in [0.15, 0.2) is 5.69 Å². The maximum atomic E-state index is 14.5. The average molecular weight is 502 g/mol. The van der Waals surface area contributed by atoms with E-state index in [1.165, 1.54) is 12.4 Å². The molecule has 0 aliphatic carbocycles. The molecule has 10 heteroatoms. The van der Waals surface area contributed by atoms with E-state index in [0.717, 1.165) is 16.8 Å². The lowest BCUT2D eigenvalue weighted by Gasteiger charge is -2.15. The minimum atomic E-state index is -0.422. The molecule has 0 fully saturated rings. The second-order valence-electron chi connectivity index (χ2n) is 8.87. The van der Waals surface area contributed by atoms with E-state index < -0.39 is 6.04 Å². The minimum Gasteiger partial charge on any atom is -0.312 e. The number of aromatic nitrogens is 4. The van der Waals surface area contributed by atoms with Crippen molar-refractivity contribution < 1.29 is 14.5 Å². The number of pyridine rings is 2. The van der Waals surface area contributed by atoms with Crippen LogP contribution in [0.5, 0.6) is 0 Å². The van der Waals surface area contributed by atoms with Crippen LogP contribution in [0.4, 0.5) is 15.9 Å². The Morgan fingerprint density at radius 2 is 1.97 bits per heavy atom. The number of nitrogens with two attached hydrogens (primary N) is 1. The highest BCUT2D eigenvalue weighted by molar-refractivity contribution is 6.00. The van der Waals surface area contributed by atoms with Crippen LogP contribution in [0.2, 0.25) is 0 Å². The summed E-state index contributed by atoms with van der Waals surface area (Å²) in [6.45, 7) is 5.27. The fourth-order valence-corrected chi connectivity index (χ4v) is 4.21. The molecule has 1 aromatic carbocycles. The highest BCUT2D eigenvalue weighted by Crippen LogP contribution is 2.29. The average Bonchev–Trinajstić information content (AvgIpc) is 2.88. The summed E-state index contributed by atoms with van der Waals surface area (Å²) in [5, 5.41) is 16.5. The van der Waals surface area contributed by atoms with Crippen LogP contribution >= 0.6 is 0 Å². The summed E-state index contributed by atoms with van der Waals surface area (Å²) in [7, 11) is 3.58. The predicted molar refractivity (Wildman–Crippen MR) is 142 cm³/mol. The number of para-hydroxylation sites is 1. The van der Waals surface area contributed by atoms with E-state index in [-0.39, 0.29) is 11.7 Å². The molecular formula is C27H30FN8O+. The Kier molecular flexibility index (Phi) is 7.61. The molecule has 0 radical (unpaired) electrons. The topological polar surface area (TPSA) is 133 Å². The fraction of sp³-hybridized carbons (Fsp3) is 0.259. The zero-order valence-electron chi connectivity index (χ0n) is 21.5. The molecule has 0 spiro atoms. The van der Waals surface area contributed by atoms with Gasteiger partial charge in [0, 0.05) is 28.8 Å². The summed E-state index contributed by atoms with van der Waals surface area (Å²) in [6.07, 6.45) is 1.81. The number of likely N-dealkylation sites (N-methyl/N-ethyl adjacent to an activating group) is 1. The Hall–Kier alpha value is -4.15. The largest absolute Gasteiger partial charge is 0.312 e. The van der Waals surface area contributed by atoms with Crippen LogP contribution in [0.25, 0.3) is 22.2 Å². The monoisotopic (exact) mass is 501 g/mol. The van der Waals surface area contributed by atoms with Crippen LogP contribution in [0.15, 0.2) is 42.7 Å². The van der Waals surface area contributed by atoms with E-state index in [1.807, 2.05) is 37.5 Å². The Labute approximate surface area is 214 Å². The molecule has 1 unspecified atom stereocenters. The van der Waals surface area contributed by atoms with E-state index >= 15 is 0 Å². The van der Waals surface area contributed by atoms with Gasteiger partial charge in [0.2, 0.25) is 5.91 Å². The number of rotatable bonds is 8. The van der Waals surface area contributed by atoms with Crippen molar-refractivity contribution >= 4 is 34.0 Å². The molecule has 190 valence electrons. The molecule has 3 heterocycles. The first-order valence-corrected chi connectivity index (χ1v) is 12.0. The van der Waals surface area contributed by atoms with Gasteiger partial charge in [0.05, 0.1) is 18.8 Å². The van der Waals surface area contributed by atoms with Gasteiger partial charge in [-0.15, -0.1) is 0 Å². The maximum absolute atomic E-state index is 14.5. The number of hydrogen-bond donors (Lipinski definition) is 4. The van der Waals surface area contributed by atoms with E-state index in [9.17, 15) is 9.18 Å². The van der Waals surface area contributed by atoms with Crippen LogP contribution in [-0.2, 0) is 11.2 Å². The van der Waals surface area contributed by atoms with E-state index in [0.29, 0.717) is 51.6 Å².